The predicted molar refractivity (Wildman–Crippen MR) is 84.0 cm³/mol. The maximum Gasteiger partial charge on any atom is 0.124 e. The summed E-state index contributed by atoms with van der Waals surface area (Å²) in [6.07, 6.45) is 1.98. The van der Waals surface area contributed by atoms with E-state index in [1.165, 1.54) is 11.1 Å². The maximum atomic E-state index is 5.69. The summed E-state index contributed by atoms with van der Waals surface area (Å²) in [5.74, 6) is 1.98. The molecule has 0 aromatic heterocycles. The largest absolute Gasteiger partial charge is 0.496 e. The van der Waals surface area contributed by atoms with Gasteiger partial charge in [0.05, 0.1) is 13.7 Å². The van der Waals surface area contributed by atoms with Gasteiger partial charge in [-0.25, -0.2) is 0 Å². The molecule has 0 radical (unpaired) electrons. The summed E-state index contributed by atoms with van der Waals surface area (Å²) < 4.78 is 11.1. The zero-order valence-corrected chi connectivity index (χ0v) is 12.3. The minimum atomic E-state index is 0.379. The van der Waals surface area contributed by atoms with Crippen LogP contribution in [0.5, 0.6) is 11.5 Å². The molecule has 1 heterocycles. The van der Waals surface area contributed by atoms with Gasteiger partial charge >= 0.3 is 0 Å². The average Bonchev–Trinajstić information content (AvgIpc) is 2.55. The molecule has 2 aromatic carbocycles. The van der Waals surface area contributed by atoms with E-state index in [-0.39, 0.29) is 0 Å². The number of nitrogens with one attached hydrogen (secondary N) is 1. The monoisotopic (exact) mass is 283 g/mol. The van der Waals surface area contributed by atoms with Crippen LogP contribution in [0, 0.1) is 0 Å². The number of benzene rings is 2. The van der Waals surface area contributed by atoms with Gasteiger partial charge in [-0.1, -0.05) is 36.4 Å². The molecule has 21 heavy (non-hydrogen) atoms. The van der Waals surface area contributed by atoms with Crippen LogP contribution in [0.25, 0.3) is 0 Å². The minimum absolute atomic E-state index is 0.379. The van der Waals surface area contributed by atoms with Crippen LogP contribution in [0.1, 0.15) is 23.6 Å². The van der Waals surface area contributed by atoms with Gasteiger partial charge in [0.15, 0.2) is 0 Å². The molecule has 1 aliphatic rings. The smallest absolute Gasteiger partial charge is 0.124 e. The lowest BCUT2D eigenvalue weighted by Crippen LogP contribution is -2.28. The van der Waals surface area contributed by atoms with Crippen molar-refractivity contribution < 1.29 is 9.47 Å². The molecule has 0 amide bonds. The molecule has 0 saturated heterocycles. The van der Waals surface area contributed by atoms with Gasteiger partial charge in [0.25, 0.3) is 0 Å². The number of methoxy groups -OCH3 is 1. The molecule has 1 unspecified atom stereocenters. The lowest BCUT2D eigenvalue weighted by atomic mass is 10.0. The number of hydrogen-bond acceptors (Lipinski definition) is 3. The highest BCUT2D eigenvalue weighted by atomic mass is 16.5. The molecule has 3 heteroatoms. The lowest BCUT2D eigenvalue weighted by molar-refractivity contribution is 0.253. The summed E-state index contributed by atoms with van der Waals surface area (Å²) in [5.41, 5.74) is 2.51. The summed E-state index contributed by atoms with van der Waals surface area (Å²) in [6.45, 7) is 1.71. The van der Waals surface area contributed by atoms with E-state index >= 15 is 0 Å². The normalized spacial score (nSPS) is 16.9. The number of fused-ring (bicyclic) bond motifs is 1. The highest BCUT2D eigenvalue weighted by Gasteiger charge is 2.20. The van der Waals surface area contributed by atoms with Crippen molar-refractivity contribution in [3.63, 3.8) is 0 Å². The Bertz CT molecular complexity index is 597. The van der Waals surface area contributed by atoms with E-state index in [1.807, 2.05) is 24.3 Å². The third-order valence-electron chi connectivity index (χ3n) is 3.94. The van der Waals surface area contributed by atoms with Gasteiger partial charge in [0, 0.05) is 18.0 Å². The predicted octanol–water partition coefficient (Wildman–Crippen LogP) is 3.35. The second-order valence-electron chi connectivity index (χ2n) is 5.24. The second kappa shape index (κ2) is 6.64. The van der Waals surface area contributed by atoms with E-state index in [0.29, 0.717) is 6.04 Å². The van der Waals surface area contributed by atoms with Gasteiger partial charge < -0.3 is 14.8 Å². The van der Waals surface area contributed by atoms with Crippen molar-refractivity contribution in [2.45, 2.75) is 18.9 Å². The summed E-state index contributed by atoms with van der Waals surface area (Å²) in [6, 6.07) is 16.9. The molecular formula is C18H21NO2. The van der Waals surface area contributed by atoms with Crippen LogP contribution in [-0.4, -0.2) is 20.3 Å². The fourth-order valence-electron chi connectivity index (χ4n) is 2.84. The van der Waals surface area contributed by atoms with E-state index in [4.69, 9.17) is 9.47 Å². The van der Waals surface area contributed by atoms with Crippen LogP contribution in [-0.2, 0) is 6.42 Å². The quantitative estimate of drug-likeness (QED) is 0.913. The molecule has 3 rings (SSSR count). The summed E-state index contributed by atoms with van der Waals surface area (Å²) in [4.78, 5) is 0. The van der Waals surface area contributed by atoms with Crippen LogP contribution >= 0.6 is 0 Å². The standard InChI is InChI=1S/C18H21NO2/c1-20-17-8-4-2-6-14(17)10-12-19-16-11-13-21-18-9-5-3-7-15(16)18/h2-9,16,19H,10-13H2,1H3. The topological polar surface area (TPSA) is 30.5 Å². The molecule has 1 aliphatic heterocycles. The van der Waals surface area contributed by atoms with E-state index in [1.54, 1.807) is 7.11 Å². The molecular weight excluding hydrogens is 262 g/mol. The first kappa shape index (κ1) is 14.0. The third kappa shape index (κ3) is 3.19. The van der Waals surface area contributed by atoms with Gasteiger partial charge in [-0.2, -0.15) is 0 Å². The molecule has 1 atom stereocenters. The van der Waals surface area contributed by atoms with Crippen molar-refractivity contribution in [1.82, 2.24) is 5.32 Å². The zero-order valence-electron chi connectivity index (χ0n) is 12.3. The number of hydrogen-bond donors (Lipinski definition) is 1. The first-order valence-electron chi connectivity index (χ1n) is 7.45. The Labute approximate surface area is 125 Å². The fourth-order valence-corrected chi connectivity index (χ4v) is 2.84. The Morgan fingerprint density at radius 1 is 1.14 bits per heavy atom. The molecule has 0 saturated carbocycles. The van der Waals surface area contributed by atoms with Crippen molar-refractivity contribution in [2.24, 2.45) is 0 Å². The molecule has 110 valence electrons. The molecule has 0 aliphatic carbocycles. The number of para-hydroxylation sites is 2. The first-order valence-corrected chi connectivity index (χ1v) is 7.45. The van der Waals surface area contributed by atoms with E-state index < -0.39 is 0 Å². The number of ether oxygens (including phenoxy) is 2. The summed E-state index contributed by atoms with van der Waals surface area (Å²) >= 11 is 0. The Hall–Kier alpha value is -2.00. The molecule has 1 N–H and O–H groups in total. The van der Waals surface area contributed by atoms with Gasteiger partial charge in [0.2, 0.25) is 0 Å². The van der Waals surface area contributed by atoms with Gasteiger partial charge in [-0.05, 0) is 30.7 Å². The van der Waals surface area contributed by atoms with Gasteiger partial charge in [-0.15, -0.1) is 0 Å². The van der Waals surface area contributed by atoms with Crippen LogP contribution < -0.4 is 14.8 Å². The van der Waals surface area contributed by atoms with E-state index in [9.17, 15) is 0 Å². The minimum Gasteiger partial charge on any atom is -0.496 e. The maximum absolute atomic E-state index is 5.69. The highest BCUT2D eigenvalue weighted by molar-refractivity contribution is 5.37. The molecule has 0 spiro atoms. The SMILES string of the molecule is COc1ccccc1CCNC1CCOc2ccccc21. The molecule has 0 bridgehead atoms. The molecule has 3 nitrogen and oxygen atoms in total. The summed E-state index contributed by atoms with van der Waals surface area (Å²) in [7, 11) is 1.72. The molecule has 2 aromatic rings. The van der Waals surface area contributed by atoms with Crippen LogP contribution in [0.3, 0.4) is 0 Å². The third-order valence-corrected chi connectivity index (χ3v) is 3.94. The zero-order chi connectivity index (χ0) is 14.5. The summed E-state index contributed by atoms with van der Waals surface area (Å²) in [5, 5.41) is 3.64. The fraction of sp³-hybridized carbons (Fsp3) is 0.333. The van der Waals surface area contributed by atoms with Crippen molar-refractivity contribution in [3.05, 3.63) is 59.7 Å². The number of rotatable bonds is 5. The van der Waals surface area contributed by atoms with Crippen molar-refractivity contribution >= 4 is 0 Å². The van der Waals surface area contributed by atoms with Gasteiger partial charge in [-0.3, -0.25) is 0 Å². The van der Waals surface area contributed by atoms with E-state index in [0.717, 1.165) is 37.5 Å². The first-order chi connectivity index (χ1) is 10.4. The van der Waals surface area contributed by atoms with Gasteiger partial charge in [0.1, 0.15) is 11.5 Å². The second-order valence-corrected chi connectivity index (χ2v) is 5.24. The van der Waals surface area contributed by atoms with Crippen molar-refractivity contribution in [3.8, 4) is 11.5 Å². The Balaban J connectivity index is 1.61. The van der Waals surface area contributed by atoms with Crippen molar-refractivity contribution in [2.75, 3.05) is 20.3 Å². The average molecular weight is 283 g/mol. The van der Waals surface area contributed by atoms with Crippen LogP contribution in [0.2, 0.25) is 0 Å². The van der Waals surface area contributed by atoms with Crippen LogP contribution in [0.4, 0.5) is 0 Å². The van der Waals surface area contributed by atoms with E-state index in [2.05, 4.69) is 29.6 Å². The van der Waals surface area contributed by atoms with Crippen molar-refractivity contribution in [1.29, 1.82) is 0 Å². The Kier molecular flexibility index (Phi) is 4.41. The van der Waals surface area contributed by atoms with Crippen LogP contribution in [0.15, 0.2) is 48.5 Å². The Morgan fingerprint density at radius 3 is 2.86 bits per heavy atom. The highest BCUT2D eigenvalue weighted by Crippen LogP contribution is 2.31. The molecule has 0 fully saturated rings. The Morgan fingerprint density at radius 2 is 1.95 bits per heavy atom. The lowest BCUT2D eigenvalue weighted by Gasteiger charge is -2.26.